The molecule has 3 aromatic rings. The number of sulfonamides is 1. The lowest BCUT2D eigenvalue weighted by Crippen LogP contribution is -2.52. The Kier molecular flexibility index (Phi) is 10.3. The smallest absolute Gasteiger partial charge is 0.264 e. The van der Waals surface area contributed by atoms with Crippen LogP contribution in [0.1, 0.15) is 63.5 Å². The summed E-state index contributed by atoms with van der Waals surface area (Å²) in [5, 5.41) is 3.10. The summed E-state index contributed by atoms with van der Waals surface area (Å²) in [5.74, 6) is -0.435. The summed E-state index contributed by atoms with van der Waals surface area (Å²) in [5.41, 5.74) is 2.27. The molecule has 9 heteroatoms. The summed E-state index contributed by atoms with van der Waals surface area (Å²) in [6.45, 7) is 5.54. The molecule has 0 spiro atoms. The molecular formula is C32H38BrN3O4S. The minimum absolute atomic E-state index is 0.0892. The molecule has 0 saturated heterocycles. The van der Waals surface area contributed by atoms with Crippen LogP contribution in [0.5, 0.6) is 0 Å². The number of hydrogen-bond donors (Lipinski definition) is 1. The van der Waals surface area contributed by atoms with Gasteiger partial charge in [0.1, 0.15) is 12.6 Å². The summed E-state index contributed by atoms with van der Waals surface area (Å²) >= 11 is 3.48. The predicted molar refractivity (Wildman–Crippen MR) is 166 cm³/mol. The second-order valence-corrected chi connectivity index (χ2v) is 13.7. The van der Waals surface area contributed by atoms with Crippen molar-refractivity contribution in [3.8, 4) is 0 Å². The Morgan fingerprint density at radius 1 is 0.927 bits per heavy atom. The summed E-state index contributed by atoms with van der Waals surface area (Å²) < 4.78 is 29.8. The molecule has 0 aromatic heterocycles. The minimum Gasteiger partial charge on any atom is -0.352 e. The number of carbonyl (C=O) groups is 2. The molecule has 0 bridgehead atoms. The average Bonchev–Trinajstić information content (AvgIpc) is 3.47. The standard InChI is InChI=1S/C32H38BrN3O4S/c1-23(2)26-16-18-29(19-17-26)36(41(39,40)30-14-5-4-6-15-30)22-31(37)35(21-25-10-9-11-27(33)20-25)24(3)32(38)34-28-12-7-8-13-28/h4-6,9-11,14-20,23-24,28H,7-8,12-13,21-22H2,1-3H3,(H,34,38)/t24-/m1/s1. The van der Waals surface area contributed by atoms with Crippen LogP contribution in [0.4, 0.5) is 5.69 Å². The van der Waals surface area contributed by atoms with E-state index in [1.165, 1.54) is 17.0 Å². The van der Waals surface area contributed by atoms with Crippen LogP contribution in [0.15, 0.2) is 88.2 Å². The van der Waals surface area contributed by atoms with Crippen molar-refractivity contribution in [2.24, 2.45) is 0 Å². The maximum atomic E-state index is 14.1. The molecule has 0 unspecified atom stereocenters. The Balaban J connectivity index is 1.68. The van der Waals surface area contributed by atoms with Crippen molar-refractivity contribution < 1.29 is 18.0 Å². The van der Waals surface area contributed by atoms with Crippen molar-refractivity contribution in [3.05, 3.63) is 94.5 Å². The Morgan fingerprint density at radius 3 is 2.20 bits per heavy atom. The highest BCUT2D eigenvalue weighted by Crippen LogP contribution is 2.27. The van der Waals surface area contributed by atoms with E-state index in [9.17, 15) is 18.0 Å². The molecule has 1 atom stereocenters. The molecule has 1 N–H and O–H groups in total. The molecule has 218 valence electrons. The number of carbonyl (C=O) groups excluding carboxylic acids is 2. The summed E-state index contributed by atoms with van der Waals surface area (Å²) in [4.78, 5) is 29.0. The van der Waals surface area contributed by atoms with Gasteiger partial charge in [0.25, 0.3) is 10.0 Å². The van der Waals surface area contributed by atoms with Crippen LogP contribution in [-0.4, -0.2) is 43.8 Å². The zero-order valence-electron chi connectivity index (χ0n) is 23.8. The van der Waals surface area contributed by atoms with Crippen molar-refractivity contribution in [3.63, 3.8) is 0 Å². The van der Waals surface area contributed by atoms with E-state index < -0.39 is 28.5 Å². The number of anilines is 1. The number of rotatable bonds is 11. The number of nitrogens with one attached hydrogen (secondary N) is 1. The number of hydrogen-bond acceptors (Lipinski definition) is 4. The van der Waals surface area contributed by atoms with Gasteiger partial charge in [0.2, 0.25) is 11.8 Å². The second-order valence-electron chi connectivity index (χ2n) is 10.9. The Labute approximate surface area is 252 Å². The second kappa shape index (κ2) is 13.7. The van der Waals surface area contributed by atoms with Crippen molar-refractivity contribution in [2.45, 2.75) is 75.9 Å². The van der Waals surface area contributed by atoms with Gasteiger partial charge in [0.15, 0.2) is 0 Å². The predicted octanol–water partition coefficient (Wildman–Crippen LogP) is 6.24. The lowest BCUT2D eigenvalue weighted by Gasteiger charge is -2.32. The Bertz CT molecular complexity index is 1440. The summed E-state index contributed by atoms with van der Waals surface area (Å²) in [6.07, 6.45) is 3.99. The van der Waals surface area contributed by atoms with E-state index in [-0.39, 0.29) is 29.3 Å². The van der Waals surface area contributed by atoms with E-state index in [2.05, 4.69) is 35.1 Å². The molecule has 2 amide bonds. The summed E-state index contributed by atoms with van der Waals surface area (Å²) in [7, 11) is -4.08. The van der Waals surface area contributed by atoms with Gasteiger partial charge >= 0.3 is 0 Å². The first kappa shape index (κ1) is 30.8. The van der Waals surface area contributed by atoms with Gasteiger partial charge in [-0.1, -0.05) is 85.1 Å². The topological polar surface area (TPSA) is 86.8 Å². The lowest BCUT2D eigenvalue weighted by atomic mass is 10.0. The third-order valence-electron chi connectivity index (χ3n) is 7.57. The molecule has 3 aromatic carbocycles. The molecular weight excluding hydrogens is 602 g/mol. The van der Waals surface area contributed by atoms with Crippen LogP contribution in [0, 0.1) is 0 Å². The first-order valence-electron chi connectivity index (χ1n) is 14.1. The van der Waals surface area contributed by atoms with Crippen LogP contribution in [0.3, 0.4) is 0 Å². The van der Waals surface area contributed by atoms with E-state index in [1.54, 1.807) is 37.3 Å². The van der Waals surface area contributed by atoms with Crippen LogP contribution < -0.4 is 9.62 Å². The van der Waals surface area contributed by atoms with Gasteiger partial charge in [0, 0.05) is 17.1 Å². The Hall–Kier alpha value is -3.17. The van der Waals surface area contributed by atoms with Gasteiger partial charge in [-0.25, -0.2) is 8.42 Å². The van der Waals surface area contributed by atoms with Crippen molar-refractivity contribution >= 4 is 43.5 Å². The maximum Gasteiger partial charge on any atom is 0.264 e. The van der Waals surface area contributed by atoms with Crippen LogP contribution in [-0.2, 0) is 26.2 Å². The molecule has 0 aliphatic heterocycles. The fraction of sp³-hybridized carbons (Fsp3) is 0.375. The minimum atomic E-state index is -4.08. The van der Waals surface area contributed by atoms with E-state index in [1.807, 2.05) is 36.4 Å². The Morgan fingerprint density at radius 2 is 1.59 bits per heavy atom. The lowest BCUT2D eigenvalue weighted by molar-refractivity contribution is -0.139. The van der Waals surface area contributed by atoms with Gasteiger partial charge in [-0.2, -0.15) is 0 Å². The molecule has 41 heavy (non-hydrogen) atoms. The summed E-state index contributed by atoms with van der Waals surface area (Å²) in [6, 6.07) is 22.2. The van der Waals surface area contributed by atoms with Crippen LogP contribution in [0.25, 0.3) is 0 Å². The normalized spacial score (nSPS) is 14.6. The van der Waals surface area contributed by atoms with Crippen LogP contribution in [0.2, 0.25) is 0 Å². The molecule has 1 aliphatic rings. The third-order valence-corrected chi connectivity index (χ3v) is 9.85. The largest absolute Gasteiger partial charge is 0.352 e. The first-order valence-corrected chi connectivity index (χ1v) is 16.3. The van der Waals surface area contributed by atoms with E-state index in [4.69, 9.17) is 0 Å². The molecule has 1 fully saturated rings. The average molecular weight is 641 g/mol. The fourth-order valence-electron chi connectivity index (χ4n) is 5.08. The maximum absolute atomic E-state index is 14.1. The monoisotopic (exact) mass is 639 g/mol. The quantitative estimate of drug-likeness (QED) is 0.269. The molecule has 7 nitrogen and oxygen atoms in total. The molecule has 0 radical (unpaired) electrons. The number of halogens is 1. The van der Waals surface area contributed by atoms with Crippen molar-refractivity contribution in [1.82, 2.24) is 10.2 Å². The molecule has 0 heterocycles. The van der Waals surface area contributed by atoms with E-state index >= 15 is 0 Å². The van der Waals surface area contributed by atoms with Gasteiger partial charge in [0.05, 0.1) is 10.6 Å². The molecule has 4 rings (SSSR count). The van der Waals surface area contributed by atoms with Gasteiger partial charge in [-0.15, -0.1) is 0 Å². The highest BCUT2D eigenvalue weighted by atomic mass is 79.9. The van der Waals surface area contributed by atoms with E-state index in [0.29, 0.717) is 5.69 Å². The zero-order valence-corrected chi connectivity index (χ0v) is 26.2. The number of benzene rings is 3. The van der Waals surface area contributed by atoms with E-state index in [0.717, 1.165) is 45.6 Å². The fourth-order valence-corrected chi connectivity index (χ4v) is 6.96. The number of amides is 2. The van der Waals surface area contributed by atoms with Gasteiger partial charge < -0.3 is 10.2 Å². The van der Waals surface area contributed by atoms with Crippen molar-refractivity contribution in [1.29, 1.82) is 0 Å². The highest BCUT2D eigenvalue weighted by Gasteiger charge is 2.33. The molecule has 1 aliphatic carbocycles. The number of nitrogens with zero attached hydrogens (tertiary/aromatic N) is 2. The molecule has 1 saturated carbocycles. The SMILES string of the molecule is CC(C)c1ccc(N(CC(=O)N(Cc2cccc(Br)c2)[C@H](C)C(=O)NC2CCCC2)S(=O)(=O)c2ccccc2)cc1. The van der Waals surface area contributed by atoms with Gasteiger partial charge in [-0.3, -0.25) is 13.9 Å². The van der Waals surface area contributed by atoms with Gasteiger partial charge in [-0.05, 0) is 73.2 Å². The highest BCUT2D eigenvalue weighted by molar-refractivity contribution is 9.10. The van der Waals surface area contributed by atoms with Crippen LogP contribution >= 0.6 is 15.9 Å². The van der Waals surface area contributed by atoms with Crippen molar-refractivity contribution in [2.75, 3.05) is 10.8 Å². The zero-order chi connectivity index (χ0) is 29.6. The first-order chi connectivity index (χ1) is 19.6. The third kappa shape index (κ3) is 7.77.